The van der Waals surface area contributed by atoms with Gasteiger partial charge in [-0.2, -0.15) is 5.10 Å². The fourth-order valence-electron chi connectivity index (χ4n) is 1.44. The molecule has 0 radical (unpaired) electrons. The summed E-state index contributed by atoms with van der Waals surface area (Å²) < 4.78 is 0. The molecule has 2 rings (SSSR count). The van der Waals surface area contributed by atoms with Crippen LogP contribution in [0.25, 0.3) is 0 Å². The predicted molar refractivity (Wildman–Crippen MR) is 73.2 cm³/mol. The molecular weight excluding hydrogens is 294 g/mol. The molecule has 0 spiro atoms. The molecule has 0 atom stereocenters. The highest BCUT2D eigenvalue weighted by Crippen LogP contribution is 2.09. The Morgan fingerprint density at radius 2 is 2.14 bits per heavy atom. The lowest BCUT2D eigenvalue weighted by atomic mass is 10.2. The summed E-state index contributed by atoms with van der Waals surface area (Å²) in [6.45, 7) is 1.63. The number of hydrazone groups is 1. The number of aromatic nitrogens is 4. The third-order valence-electron chi connectivity index (χ3n) is 2.45. The molecule has 1 aromatic carbocycles. The van der Waals surface area contributed by atoms with Gasteiger partial charge in [0.15, 0.2) is 0 Å². The summed E-state index contributed by atoms with van der Waals surface area (Å²) in [5.41, 5.74) is 3.05. The average Bonchev–Trinajstić information content (AvgIpc) is 2.94. The molecule has 1 aromatic heterocycles. The van der Waals surface area contributed by atoms with Gasteiger partial charge in [-0.1, -0.05) is 4.80 Å². The van der Waals surface area contributed by atoms with Gasteiger partial charge >= 0.3 is 5.95 Å². The van der Waals surface area contributed by atoms with Crippen LogP contribution in [0.1, 0.15) is 17.3 Å². The zero-order chi connectivity index (χ0) is 16.1. The zero-order valence-corrected chi connectivity index (χ0v) is 11.4. The predicted octanol–water partition coefficient (Wildman–Crippen LogP) is 0.0928. The largest absolute Gasteiger partial charge is 0.514 e. The number of nitro groups is 1. The van der Waals surface area contributed by atoms with Gasteiger partial charge in [-0.25, -0.2) is 5.43 Å². The van der Waals surface area contributed by atoms with Crippen LogP contribution in [-0.4, -0.2) is 41.9 Å². The fraction of sp³-hybridized carbons (Fsp3) is 0.182. The number of carbonyl (C=O) groups is 1. The standard InChI is InChI=1S/C11H11N7O4/c1-7(6-17-15-11(14-16-17)18(21)22)12-13-10(20)8-2-4-9(19)5-3-8/h2-5,19H,6H2,1H3,(H,13,20)/b12-7-. The molecule has 0 fully saturated rings. The Balaban J connectivity index is 1.95. The third kappa shape index (κ3) is 3.82. The minimum atomic E-state index is -0.761. The third-order valence-corrected chi connectivity index (χ3v) is 2.45. The molecule has 11 nitrogen and oxygen atoms in total. The van der Waals surface area contributed by atoms with E-state index in [1.807, 2.05) is 0 Å². The SMILES string of the molecule is C/C(Cn1nnc([N+](=O)[O-])n1)=N/NC(=O)c1ccc(O)cc1. The highest BCUT2D eigenvalue weighted by Gasteiger charge is 2.15. The van der Waals surface area contributed by atoms with Crippen molar-refractivity contribution in [1.29, 1.82) is 0 Å². The van der Waals surface area contributed by atoms with Crippen LogP contribution < -0.4 is 5.43 Å². The number of hydrogen-bond acceptors (Lipinski definition) is 8. The molecule has 0 saturated carbocycles. The Morgan fingerprint density at radius 1 is 1.45 bits per heavy atom. The van der Waals surface area contributed by atoms with Crippen molar-refractivity contribution in [2.24, 2.45) is 5.10 Å². The molecule has 1 heterocycles. The first-order valence-corrected chi connectivity index (χ1v) is 6.00. The summed E-state index contributed by atoms with van der Waals surface area (Å²) in [7, 11) is 0. The number of phenols is 1. The van der Waals surface area contributed by atoms with E-state index in [0.29, 0.717) is 11.3 Å². The molecule has 22 heavy (non-hydrogen) atoms. The molecule has 11 heteroatoms. The van der Waals surface area contributed by atoms with E-state index in [0.717, 1.165) is 4.80 Å². The smallest absolute Gasteiger partial charge is 0.508 e. The van der Waals surface area contributed by atoms with Crippen molar-refractivity contribution in [3.63, 3.8) is 0 Å². The molecule has 114 valence electrons. The second-order valence-corrected chi connectivity index (χ2v) is 4.21. The van der Waals surface area contributed by atoms with E-state index in [1.165, 1.54) is 24.3 Å². The van der Waals surface area contributed by atoms with Crippen molar-refractivity contribution in [3.8, 4) is 5.75 Å². The number of rotatable bonds is 5. The summed E-state index contributed by atoms with van der Waals surface area (Å²) in [5, 5.41) is 33.6. The number of benzene rings is 1. The first-order chi connectivity index (χ1) is 10.5. The number of phenolic OH excluding ortho intramolecular Hbond substituents is 1. The maximum atomic E-state index is 11.8. The summed E-state index contributed by atoms with van der Waals surface area (Å²) in [5.74, 6) is -1.02. The minimum Gasteiger partial charge on any atom is -0.508 e. The minimum absolute atomic E-state index is 0.0384. The van der Waals surface area contributed by atoms with E-state index in [-0.39, 0.29) is 12.3 Å². The number of tetrazole rings is 1. The molecule has 0 aliphatic carbocycles. The molecule has 2 aromatic rings. The number of nitrogens with zero attached hydrogens (tertiary/aromatic N) is 6. The molecule has 1 amide bonds. The first-order valence-electron chi connectivity index (χ1n) is 6.00. The van der Waals surface area contributed by atoms with E-state index in [9.17, 15) is 14.9 Å². The molecule has 0 bridgehead atoms. The van der Waals surface area contributed by atoms with Gasteiger partial charge in [-0.3, -0.25) is 4.79 Å². The number of amides is 1. The van der Waals surface area contributed by atoms with Crippen molar-refractivity contribution in [2.45, 2.75) is 13.5 Å². The Morgan fingerprint density at radius 3 is 2.73 bits per heavy atom. The van der Waals surface area contributed by atoms with Gasteiger partial charge in [-0.05, 0) is 36.1 Å². The number of nitrogens with one attached hydrogen (secondary N) is 1. The second kappa shape index (κ2) is 6.39. The number of aromatic hydroxyl groups is 1. The van der Waals surface area contributed by atoms with Gasteiger partial charge in [0.25, 0.3) is 5.91 Å². The van der Waals surface area contributed by atoms with Crippen molar-refractivity contribution < 1.29 is 14.8 Å². The van der Waals surface area contributed by atoms with Crippen LogP contribution in [0.2, 0.25) is 0 Å². The number of carbonyl (C=O) groups excluding carboxylic acids is 1. The normalized spacial score (nSPS) is 11.2. The quantitative estimate of drug-likeness (QED) is 0.451. The van der Waals surface area contributed by atoms with Crippen molar-refractivity contribution >= 4 is 17.6 Å². The average molecular weight is 305 g/mol. The van der Waals surface area contributed by atoms with Gasteiger partial charge in [0.1, 0.15) is 12.3 Å². The van der Waals surface area contributed by atoms with E-state index >= 15 is 0 Å². The van der Waals surface area contributed by atoms with Gasteiger partial charge in [0.05, 0.1) is 15.9 Å². The van der Waals surface area contributed by atoms with Crippen molar-refractivity contribution in [1.82, 2.24) is 25.6 Å². The molecule has 0 unspecified atom stereocenters. The topological polar surface area (TPSA) is 148 Å². The monoisotopic (exact) mass is 305 g/mol. The summed E-state index contributed by atoms with van der Waals surface area (Å²) >= 11 is 0. The van der Waals surface area contributed by atoms with Gasteiger partial charge in [0.2, 0.25) is 0 Å². The van der Waals surface area contributed by atoms with Crippen LogP contribution in [0.3, 0.4) is 0 Å². The fourth-order valence-corrected chi connectivity index (χ4v) is 1.44. The Bertz CT molecular complexity index is 722. The maximum absolute atomic E-state index is 11.8. The maximum Gasteiger partial charge on any atom is 0.514 e. The van der Waals surface area contributed by atoms with Crippen LogP contribution in [0.5, 0.6) is 5.75 Å². The van der Waals surface area contributed by atoms with Crippen LogP contribution >= 0.6 is 0 Å². The van der Waals surface area contributed by atoms with Crippen LogP contribution in [0.4, 0.5) is 5.95 Å². The summed E-state index contributed by atoms with van der Waals surface area (Å²) in [6.07, 6.45) is 0. The van der Waals surface area contributed by atoms with E-state index in [4.69, 9.17) is 5.11 Å². The summed E-state index contributed by atoms with van der Waals surface area (Å²) in [6, 6.07) is 5.64. The van der Waals surface area contributed by atoms with Crippen LogP contribution in [0, 0.1) is 10.1 Å². The van der Waals surface area contributed by atoms with Crippen molar-refractivity contribution in [2.75, 3.05) is 0 Å². The Hall–Kier alpha value is -3.37. The van der Waals surface area contributed by atoms with Crippen LogP contribution in [0.15, 0.2) is 29.4 Å². The van der Waals surface area contributed by atoms with E-state index < -0.39 is 16.8 Å². The van der Waals surface area contributed by atoms with Gasteiger partial charge in [0, 0.05) is 10.8 Å². The lowest BCUT2D eigenvalue weighted by Gasteiger charge is -2.01. The zero-order valence-electron chi connectivity index (χ0n) is 11.4. The van der Waals surface area contributed by atoms with E-state index in [1.54, 1.807) is 6.92 Å². The lowest BCUT2D eigenvalue weighted by Crippen LogP contribution is -2.21. The number of hydrogen-bond donors (Lipinski definition) is 2. The highest BCUT2D eigenvalue weighted by atomic mass is 16.6. The lowest BCUT2D eigenvalue weighted by molar-refractivity contribution is -0.394. The Kier molecular flexibility index (Phi) is 4.36. The molecule has 0 saturated heterocycles. The first kappa shape index (κ1) is 15.0. The van der Waals surface area contributed by atoms with Crippen molar-refractivity contribution in [3.05, 3.63) is 39.9 Å². The Labute approximate surface area is 123 Å². The van der Waals surface area contributed by atoms with Gasteiger partial charge < -0.3 is 15.2 Å². The van der Waals surface area contributed by atoms with Crippen LogP contribution in [-0.2, 0) is 6.54 Å². The highest BCUT2D eigenvalue weighted by molar-refractivity contribution is 5.95. The molecule has 0 aliphatic rings. The van der Waals surface area contributed by atoms with Gasteiger partial charge in [-0.15, -0.1) is 0 Å². The molecular formula is C11H11N7O4. The molecule has 2 N–H and O–H groups in total. The second-order valence-electron chi connectivity index (χ2n) is 4.21. The summed E-state index contributed by atoms with van der Waals surface area (Å²) in [4.78, 5) is 22.4. The van der Waals surface area contributed by atoms with E-state index in [2.05, 4.69) is 25.9 Å². The molecule has 0 aliphatic heterocycles.